The molecule has 0 aliphatic rings. The van der Waals surface area contributed by atoms with Gasteiger partial charge in [-0.25, -0.2) is 17.4 Å². The lowest BCUT2D eigenvalue weighted by Gasteiger charge is -2.10. The number of nitriles is 1. The second-order valence-corrected chi connectivity index (χ2v) is 7.09. The summed E-state index contributed by atoms with van der Waals surface area (Å²) in [6.07, 6.45) is -0.109. The Morgan fingerprint density at radius 1 is 1.21 bits per heavy atom. The number of ether oxygens (including phenoxy) is 1. The maximum Gasteiger partial charge on any atom is 0.269 e. The van der Waals surface area contributed by atoms with E-state index >= 15 is 0 Å². The summed E-state index contributed by atoms with van der Waals surface area (Å²) in [5.41, 5.74) is 1.85. The Kier molecular flexibility index (Phi) is 3.99. The van der Waals surface area contributed by atoms with E-state index in [1.165, 1.54) is 7.11 Å². The molecule has 0 radical (unpaired) electrons. The van der Waals surface area contributed by atoms with E-state index in [1.54, 1.807) is 42.5 Å². The van der Waals surface area contributed by atoms with E-state index in [0.29, 0.717) is 16.8 Å². The van der Waals surface area contributed by atoms with Crippen LogP contribution in [-0.2, 0) is 16.4 Å². The summed E-state index contributed by atoms with van der Waals surface area (Å²) >= 11 is 0. The molecule has 3 aromatic rings. The van der Waals surface area contributed by atoms with Gasteiger partial charge in [-0.3, -0.25) is 0 Å². The number of hydrogen-bond donors (Lipinski definition) is 0. The molecule has 0 saturated heterocycles. The van der Waals surface area contributed by atoms with Crippen LogP contribution in [-0.4, -0.2) is 24.5 Å². The number of aryl methyl sites for hydroxylation is 1. The molecule has 1 heterocycles. The van der Waals surface area contributed by atoms with Crippen LogP contribution in [0.1, 0.15) is 11.4 Å². The Balaban J connectivity index is 2.29. The molecule has 0 spiro atoms. The number of benzene rings is 2. The van der Waals surface area contributed by atoms with E-state index in [9.17, 15) is 8.42 Å². The Morgan fingerprint density at radius 2 is 1.92 bits per heavy atom. The van der Waals surface area contributed by atoms with Crippen LogP contribution in [0.3, 0.4) is 0 Å². The maximum absolute atomic E-state index is 13.1. The number of imidazole rings is 1. The van der Waals surface area contributed by atoms with E-state index < -0.39 is 10.0 Å². The Hall–Kier alpha value is -2.85. The zero-order chi connectivity index (χ0) is 17.3. The SMILES string of the molecule is COc1ccc2c(c1)nc(CC#N)n2S(=O)(=O)c1ccc(C)cc1. The molecular formula is C17H15N3O3S. The van der Waals surface area contributed by atoms with Crippen LogP contribution in [0.5, 0.6) is 5.75 Å². The van der Waals surface area contributed by atoms with Gasteiger partial charge in [0.15, 0.2) is 0 Å². The van der Waals surface area contributed by atoms with Crippen LogP contribution in [0.2, 0.25) is 0 Å². The first-order chi connectivity index (χ1) is 11.5. The lowest BCUT2D eigenvalue weighted by molar-refractivity contribution is 0.415. The zero-order valence-electron chi connectivity index (χ0n) is 13.2. The summed E-state index contributed by atoms with van der Waals surface area (Å²) in [5.74, 6) is 0.754. The van der Waals surface area contributed by atoms with Crippen molar-refractivity contribution in [1.82, 2.24) is 8.96 Å². The van der Waals surface area contributed by atoms with Gasteiger partial charge in [0.2, 0.25) is 0 Å². The first-order valence-corrected chi connectivity index (χ1v) is 8.66. The topological polar surface area (TPSA) is 85.0 Å². The molecular weight excluding hydrogens is 326 g/mol. The van der Waals surface area contributed by atoms with Crippen molar-refractivity contribution in [3.8, 4) is 11.8 Å². The maximum atomic E-state index is 13.1. The van der Waals surface area contributed by atoms with Gasteiger partial charge in [0.25, 0.3) is 10.0 Å². The number of rotatable bonds is 4. The van der Waals surface area contributed by atoms with E-state index in [2.05, 4.69) is 4.98 Å². The van der Waals surface area contributed by atoms with Gasteiger partial charge in [-0.15, -0.1) is 0 Å². The molecule has 3 rings (SSSR count). The molecule has 0 aliphatic carbocycles. The van der Waals surface area contributed by atoms with Crippen LogP contribution >= 0.6 is 0 Å². The molecule has 0 aliphatic heterocycles. The molecule has 1 aromatic heterocycles. The lowest BCUT2D eigenvalue weighted by Crippen LogP contribution is -2.16. The predicted molar refractivity (Wildman–Crippen MR) is 89.4 cm³/mol. The van der Waals surface area contributed by atoms with E-state index in [0.717, 1.165) is 9.54 Å². The Bertz CT molecular complexity index is 1050. The molecule has 0 saturated carbocycles. The predicted octanol–water partition coefficient (Wildman–Crippen LogP) is 2.66. The molecule has 7 heteroatoms. The summed E-state index contributed by atoms with van der Waals surface area (Å²) in [7, 11) is -2.32. The molecule has 0 amide bonds. The average molecular weight is 341 g/mol. The highest BCUT2D eigenvalue weighted by atomic mass is 32.2. The first-order valence-electron chi connectivity index (χ1n) is 7.22. The molecule has 2 aromatic carbocycles. The standard InChI is InChI=1S/C17H15N3O3S/c1-12-3-6-14(7-4-12)24(21,22)20-16-8-5-13(23-2)11-15(16)19-17(20)9-10-18/h3-8,11H,9H2,1-2H3. The summed E-state index contributed by atoms with van der Waals surface area (Å²) < 4.78 is 32.4. The van der Waals surface area contributed by atoms with Crippen LogP contribution < -0.4 is 4.74 Å². The quantitative estimate of drug-likeness (QED) is 0.728. The first kappa shape index (κ1) is 16.0. The number of aromatic nitrogens is 2. The minimum Gasteiger partial charge on any atom is -0.497 e. The van der Waals surface area contributed by atoms with Gasteiger partial charge in [-0.05, 0) is 31.2 Å². The van der Waals surface area contributed by atoms with Gasteiger partial charge in [0, 0.05) is 6.07 Å². The van der Waals surface area contributed by atoms with E-state index in [1.807, 2.05) is 13.0 Å². The second kappa shape index (κ2) is 5.98. The molecule has 0 unspecified atom stereocenters. The molecule has 0 N–H and O–H groups in total. The molecule has 0 atom stereocenters. The highest BCUT2D eigenvalue weighted by molar-refractivity contribution is 7.90. The van der Waals surface area contributed by atoms with Crippen LogP contribution in [0.4, 0.5) is 0 Å². The van der Waals surface area contributed by atoms with Gasteiger partial charge < -0.3 is 4.74 Å². The number of fused-ring (bicyclic) bond motifs is 1. The third kappa shape index (κ3) is 2.61. The summed E-state index contributed by atoms with van der Waals surface area (Å²) in [6.45, 7) is 1.89. The Morgan fingerprint density at radius 3 is 2.54 bits per heavy atom. The Labute approximate surface area is 140 Å². The number of methoxy groups -OCH3 is 1. The van der Waals surface area contributed by atoms with Gasteiger partial charge in [0.1, 0.15) is 11.6 Å². The normalized spacial score (nSPS) is 11.4. The van der Waals surface area contributed by atoms with Gasteiger partial charge >= 0.3 is 0 Å². The highest BCUT2D eigenvalue weighted by Crippen LogP contribution is 2.26. The van der Waals surface area contributed by atoms with Gasteiger partial charge in [-0.1, -0.05) is 17.7 Å². The minimum atomic E-state index is -3.85. The smallest absolute Gasteiger partial charge is 0.269 e. The fourth-order valence-electron chi connectivity index (χ4n) is 2.48. The highest BCUT2D eigenvalue weighted by Gasteiger charge is 2.24. The molecule has 24 heavy (non-hydrogen) atoms. The number of hydrogen-bond acceptors (Lipinski definition) is 5. The van der Waals surface area contributed by atoms with Crippen molar-refractivity contribution in [2.45, 2.75) is 18.2 Å². The van der Waals surface area contributed by atoms with Gasteiger partial charge in [0.05, 0.1) is 35.5 Å². The largest absolute Gasteiger partial charge is 0.497 e. The molecule has 0 fully saturated rings. The molecule has 0 bridgehead atoms. The summed E-state index contributed by atoms with van der Waals surface area (Å²) in [4.78, 5) is 4.46. The summed E-state index contributed by atoms with van der Waals surface area (Å²) in [5, 5.41) is 9.02. The van der Waals surface area contributed by atoms with Crippen molar-refractivity contribution in [3.05, 3.63) is 53.9 Å². The zero-order valence-corrected chi connectivity index (χ0v) is 14.0. The van der Waals surface area contributed by atoms with Crippen LogP contribution in [0, 0.1) is 18.3 Å². The number of nitrogens with zero attached hydrogens (tertiary/aromatic N) is 3. The van der Waals surface area contributed by atoms with Gasteiger partial charge in [-0.2, -0.15) is 5.26 Å². The monoisotopic (exact) mass is 341 g/mol. The van der Waals surface area contributed by atoms with E-state index in [4.69, 9.17) is 10.00 Å². The lowest BCUT2D eigenvalue weighted by atomic mass is 10.2. The van der Waals surface area contributed by atoms with Crippen LogP contribution in [0.25, 0.3) is 11.0 Å². The van der Waals surface area contributed by atoms with Crippen molar-refractivity contribution in [2.75, 3.05) is 7.11 Å². The minimum absolute atomic E-state index is 0.109. The third-order valence-corrected chi connectivity index (χ3v) is 5.44. The fourth-order valence-corrected chi connectivity index (χ4v) is 3.97. The van der Waals surface area contributed by atoms with E-state index in [-0.39, 0.29) is 17.1 Å². The molecule has 6 nitrogen and oxygen atoms in total. The van der Waals surface area contributed by atoms with Crippen molar-refractivity contribution in [2.24, 2.45) is 0 Å². The third-order valence-electron chi connectivity index (χ3n) is 3.68. The van der Waals surface area contributed by atoms with Crippen molar-refractivity contribution < 1.29 is 13.2 Å². The fraction of sp³-hybridized carbons (Fsp3) is 0.176. The second-order valence-electron chi connectivity index (χ2n) is 5.30. The average Bonchev–Trinajstić information content (AvgIpc) is 2.93. The van der Waals surface area contributed by atoms with Crippen molar-refractivity contribution in [1.29, 1.82) is 5.26 Å². The molecule has 122 valence electrons. The van der Waals surface area contributed by atoms with Crippen molar-refractivity contribution >= 4 is 21.1 Å². The van der Waals surface area contributed by atoms with Crippen molar-refractivity contribution in [3.63, 3.8) is 0 Å². The van der Waals surface area contributed by atoms with Crippen LogP contribution in [0.15, 0.2) is 47.4 Å². The summed E-state index contributed by atoms with van der Waals surface area (Å²) in [6, 6.07) is 13.5.